The number of hydrogen-bond acceptors (Lipinski definition) is 3. The first-order valence-corrected chi connectivity index (χ1v) is 9.85. The molecule has 0 amide bonds. The Morgan fingerprint density at radius 2 is 2.00 bits per heavy atom. The molecule has 1 unspecified atom stereocenters. The van der Waals surface area contributed by atoms with Gasteiger partial charge in [0.15, 0.2) is 0 Å². The van der Waals surface area contributed by atoms with Crippen LogP contribution in [0.25, 0.3) is 0 Å². The van der Waals surface area contributed by atoms with Gasteiger partial charge in [0.2, 0.25) is 0 Å². The first-order chi connectivity index (χ1) is 12.1. The highest BCUT2D eigenvalue weighted by Crippen LogP contribution is 2.28. The van der Waals surface area contributed by atoms with E-state index in [0.29, 0.717) is 29.3 Å². The minimum atomic E-state index is 0.318. The molecule has 134 valence electrons. The van der Waals surface area contributed by atoms with Crippen molar-refractivity contribution >= 4 is 39.1 Å². The molecule has 1 saturated heterocycles. The number of halogens is 3. The molecule has 3 nitrogen and oxygen atoms in total. The van der Waals surface area contributed by atoms with Crippen LogP contribution >= 0.6 is 39.1 Å². The van der Waals surface area contributed by atoms with Crippen molar-refractivity contribution in [2.24, 2.45) is 0 Å². The summed E-state index contributed by atoms with van der Waals surface area (Å²) >= 11 is 16.0. The molecule has 0 spiro atoms. The van der Waals surface area contributed by atoms with Crippen LogP contribution in [0.2, 0.25) is 10.0 Å². The van der Waals surface area contributed by atoms with Gasteiger partial charge in [0.1, 0.15) is 12.4 Å². The van der Waals surface area contributed by atoms with Gasteiger partial charge in [-0.25, -0.2) is 0 Å². The molecule has 1 atom stereocenters. The molecule has 2 aromatic rings. The Balaban J connectivity index is 1.64. The summed E-state index contributed by atoms with van der Waals surface area (Å²) in [4.78, 5) is 0. The maximum atomic E-state index is 6.22. The summed E-state index contributed by atoms with van der Waals surface area (Å²) in [5.41, 5.74) is 1.88. The Kier molecular flexibility index (Phi) is 7.02. The molecule has 0 saturated carbocycles. The molecular weight excluding hydrogens is 425 g/mol. The van der Waals surface area contributed by atoms with Crippen molar-refractivity contribution in [1.82, 2.24) is 5.32 Å². The van der Waals surface area contributed by atoms with Gasteiger partial charge in [-0.2, -0.15) is 0 Å². The van der Waals surface area contributed by atoms with Gasteiger partial charge in [-0.1, -0.05) is 45.2 Å². The summed E-state index contributed by atoms with van der Waals surface area (Å²) in [6.45, 7) is 2.77. The number of benzene rings is 2. The summed E-state index contributed by atoms with van der Waals surface area (Å²) in [6, 6.07) is 11.4. The minimum absolute atomic E-state index is 0.318. The zero-order valence-electron chi connectivity index (χ0n) is 13.7. The number of rotatable bonds is 7. The SMILES string of the molecule is Clc1cccc(Cl)c1COc1ccc(Br)cc1CNCC1CCCO1. The molecule has 1 aliphatic heterocycles. The molecule has 1 N–H and O–H groups in total. The zero-order valence-corrected chi connectivity index (χ0v) is 16.8. The average molecular weight is 445 g/mol. The quantitative estimate of drug-likeness (QED) is 0.602. The van der Waals surface area contributed by atoms with E-state index < -0.39 is 0 Å². The maximum Gasteiger partial charge on any atom is 0.124 e. The smallest absolute Gasteiger partial charge is 0.124 e. The second-order valence-corrected chi connectivity index (χ2v) is 7.74. The molecule has 0 aliphatic carbocycles. The van der Waals surface area contributed by atoms with E-state index in [4.69, 9.17) is 32.7 Å². The van der Waals surface area contributed by atoms with E-state index >= 15 is 0 Å². The van der Waals surface area contributed by atoms with Gasteiger partial charge in [-0.15, -0.1) is 0 Å². The lowest BCUT2D eigenvalue weighted by Gasteiger charge is -2.15. The second kappa shape index (κ2) is 9.24. The molecule has 0 radical (unpaired) electrons. The van der Waals surface area contributed by atoms with Crippen LogP contribution in [0.3, 0.4) is 0 Å². The molecule has 1 heterocycles. The van der Waals surface area contributed by atoms with Crippen LogP contribution in [-0.4, -0.2) is 19.3 Å². The fourth-order valence-electron chi connectivity index (χ4n) is 2.82. The Hall–Kier alpha value is -0.780. The highest BCUT2D eigenvalue weighted by atomic mass is 79.9. The van der Waals surface area contributed by atoms with Crippen molar-refractivity contribution in [3.63, 3.8) is 0 Å². The van der Waals surface area contributed by atoms with Crippen molar-refractivity contribution in [2.75, 3.05) is 13.2 Å². The molecule has 1 aliphatic rings. The van der Waals surface area contributed by atoms with Crippen molar-refractivity contribution in [3.8, 4) is 5.75 Å². The third kappa shape index (κ3) is 5.35. The summed E-state index contributed by atoms with van der Waals surface area (Å²) in [5, 5.41) is 4.68. The van der Waals surface area contributed by atoms with Gasteiger partial charge in [0, 0.05) is 45.3 Å². The fourth-order valence-corrected chi connectivity index (χ4v) is 3.74. The van der Waals surface area contributed by atoms with E-state index in [1.54, 1.807) is 0 Å². The fraction of sp³-hybridized carbons (Fsp3) is 0.368. The summed E-state index contributed by atoms with van der Waals surface area (Å²) in [5.74, 6) is 0.819. The van der Waals surface area contributed by atoms with E-state index in [-0.39, 0.29) is 0 Å². The Morgan fingerprint density at radius 1 is 1.20 bits per heavy atom. The largest absolute Gasteiger partial charge is 0.488 e. The highest BCUT2D eigenvalue weighted by Gasteiger charge is 2.15. The minimum Gasteiger partial charge on any atom is -0.488 e. The first kappa shape index (κ1) is 19.0. The van der Waals surface area contributed by atoms with E-state index in [0.717, 1.165) is 47.3 Å². The Morgan fingerprint density at radius 3 is 2.72 bits per heavy atom. The van der Waals surface area contributed by atoms with Crippen LogP contribution in [0, 0.1) is 0 Å². The highest BCUT2D eigenvalue weighted by molar-refractivity contribution is 9.10. The third-order valence-electron chi connectivity index (χ3n) is 4.17. The molecule has 1 fully saturated rings. The van der Waals surface area contributed by atoms with Crippen LogP contribution in [0.15, 0.2) is 40.9 Å². The topological polar surface area (TPSA) is 30.5 Å². The van der Waals surface area contributed by atoms with Gasteiger partial charge in [-0.05, 0) is 43.2 Å². The van der Waals surface area contributed by atoms with Gasteiger partial charge in [-0.3, -0.25) is 0 Å². The maximum absolute atomic E-state index is 6.22. The van der Waals surface area contributed by atoms with Gasteiger partial charge in [0.25, 0.3) is 0 Å². The number of ether oxygens (including phenoxy) is 2. The van der Waals surface area contributed by atoms with Crippen LogP contribution in [0.5, 0.6) is 5.75 Å². The Bertz CT molecular complexity index is 700. The second-order valence-electron chi connectivity index (χ2n) is 6.01. The lowest BCUT2D eigenvalue weighted by molar-refractivity contribution is 0.110. The average Bonchev–Trinajstić information content (AvgIpc) is 3.09. The summed E-state index contributed by atoms with van der Waals surface area (Å²) in [6.07, 6.45) is 2.59. The normalized spacial score (nSPS) is 17.0. The van der Waals surface area contributed by atoms with Crippen molar-refractivity contribution < 1.29 is 9.47 Å². The molecule has 2 aromatic carbocycles. The monoisotopic (exact) mass is 443 g/mol. The third-order valence-corrected chi connectivity index (χ3v) is 5.37. The summed E-state index contributed by atoms with van der Waals surface area (Å²) in [7, 11) is 0. The predicted molar refractivity (Wildman–Crippen MR) is 106 cm³/mol. The van der Waals surface area contributed by atoms with Crippen LogP contribution in [-0.2, 0) is 17.9 Å². The van der Waals surface area contributed by atoms with Crippen molar-refractivity contribution in [1.29, 1.82) is 0 Å². The standard InChI is InChI=1S/C19H20BrCl2NO2/c20-14-6-7-19(25-12-16-17(21)4-1-5-18(16)22)13(9-14)10-23-11-15-3-2-8-24-15/h1,4-7,9,15,23H,2-3,8,10-12H2. The van der Waals surface area contributed by atoms with Crippen molar-refractivity contribution in [2.45, 2.75) is 32.1 Å². The van der Waals surface area contributed by atoms with E-state index in [1.807, 2.05) is 30.3 Å². The lowest BCUT2D eigenvalue weighted by atomic mass is 10.2. The zero-order chi connectivity index (χ0) is 17.6. The van der Waals surface area contributed by atoms with Crippen LogP contribution < -0.4 is 10.1 Å². The molecule has 0 bridgehead atoms. The Labute approximate surface area is 166 Å². The van der Waals surface area contributed by atoms with Crippen molar-refractivity contribution in [3.05, 3.63) is 62.0 Å². The van der Waals surface area contributed by atoms with Crippen LogP contribution in [0.4, 0.5) is 0 Å². The first-order valence-electron chi connectivity index (χ1n) is 8.30. The molecule has 0 aromatic heterocycles. The van der Waals surface area contributed by atoms with Gasteiger partial charge < -0.3 is 14.8 Å². The molecule has 25 heavy (non-hydrogen) atoms. The molecule has 3 rings (SSSR count). The lowest BCUT2D eigenvalue weighted by Crippen LogP contribution is -2.26. The van der Waals surface area contributed by atoms with E-state index in [9.17, 15) is 0 Å². The van der Waals surface area contributed by atoms with Crippen LogP contribution in [0.1, 0.15) is 24.0 Å². The number of hydrogen-bond donors (Lipinski definition) is 1. The van der Waals surface area contributed by atoms with E-state index in [1.165, 1.54) is 0 Å². The van der Waals surface area contributed by atoms with E-state index in [2.05, 4.69) is 27.3 Å². The van der Waals surface area contributed by atoms with Gasteiger partial charge in [0.05, 0.1) is 6.10 Å². The molecule has 6 heteroatoms. The van der Waals surface area contributed by atoms with Gasteiger partial charge >= 0.3 is 0 Å². The number of nitrogens with one attached hydrogen (secondary N) is 1. The predicted octanol–water partition coefficient (Wildman–Crippen LogP) is 5.60. The molecular formula is C19H20BrCl2NO2. The summed E-state index contributed by atoms with van der Waals surface area (Å²) < 4.78 is 12.7.